The van der Waals surface area contributed by atoms with Gasteiger partial charge in [-0.05, 0) is 44.5 Å². The molecule has 0 aliphatic carbocycles. The maximum absolute atomic E-state index is 12.9. The number of aromatic nitrogens is 3. The average Bonchev–Trinajstić information content (AvgIpc) is 3.10. The number of rotatable bonds is 3. The molecule has 2 aromatic rings. The fourth-order valence-corrected chi connectivity index (χ4v) is 3.49. The fraction of sp³-hybridized carbons (Fsp3) is 0.500. The van der Waals surface area contributed by atoms with Gasteiger partial charge in [0.15, 0.2) is 0 Å². The minimum absolute atomic E-state index is 0.0294. The van der Waals surface area contributed by atoms with E-state index in [4.69, 9.17) is 9.47 Å². The minimum atomic E-state index is 0.0294. The van der Waals surface area contributed by atoms with Crippen molar-refractivity contribution in [3.8, 4) is 5.75 Å². The van der Waals surface area contributed by atoms with E-state index in [0.29, 0.717) is 25.3 Å². The summed E-state index contributed by atoms with van der Waals surface area (Å²) in [4.78, 5) is 14.7. The van der Waals surface area contributed by atoms with Gasteiger partial charge in [0.25, 0.3) is 5.91 Å². The highest BCUT2D eigenvalue weighted by Gasteiger charge is 2.38. The van der Waals surface area contributed by atoms with Crippen LogP contribution in [0.15, 0.2) is 30.5 Å². The summed E-state index contributed by atoms with van der Waals surface area (Å²) in [6.07, 6.45) is 2.75. The molecule has 1 fully saturated rings. The number of amides is 1. The molecule has 0 spiro atoms. The number of nitrogens with zero attached hydrogens (tertiary/aromatic N) is 4. The predicted molar refractivity (Wildman–Crippen MR) is 90.4 cm³/mol. The van der Waals surface area contributed by atoms with Crippen molar-refractivity contribution in [2.24, 2.45) is 0 Å². The van der Waals surface area contributed by atoms with E-state index in [1.165, 1.54) is 0 Å². The van der Waals surface area contributed by atoms with Crippen LogP contribution in [-0.4, -0.2) is 51.1 Å². The standard InChI is InChI=1S/C18H22N4O3/c1-12(2)25-15-5-3-13(4-6-15)18(23)21-8-7-17-16(10-21)22-14(11-24-17)9-19-20-22/h3-6,9,12,16-17H,7-8,10-11H2,1-2H3/t16-,17-/m1/s1. The van der Waals surface area contributed by atoms with E-state index in [1.54, 1.807) is 6.20 Å². The summed E-state index contributed by atoms with van der Waals surface area (Å²) in [5, 5.41) is 8.15. The molecule has 25 heavy (non-hydrogen) atoms. The molecule has 2 aliphatic heterocycles. The highest BCUT2D eigenvalue weighted by Crippen LogP contribution is 2.30. The van der Waals surface area contributed by atoms with Crippen molar-refractivity contribution in [3.63, 3.8) is 0 Å². The number of likely N-dealkylation sites (tertiary alicyclic amines) is 1. The molecule has 0 saturated carbocycles. The van der Waals surface area contributed by atoms with Gasteiger partial charge in [-0.1, -0.05) is 5.21 Å². The van der Waals surface area contributed by atoms with Gasteiger partial charge in [0.2, 0.25) is 0 Å². The number of fused-ring (bicyclic) bond motifs is 3. The average molecular weight is 342 g/mol. The van der Waals surface area contributed by atoms with Crippen LogP contribution in [0.1, 0.15) is 42.4 Å². The molecule has 0 N–H and O–H groups in total. The summed E-state index contributed by atoms with van der Waals surface area (Å²) < 4.78 is 13.4. The molecular formula is C18H22N4O3. The van der Waals surface area contributed by atoms with Crippen LogP contribution in [-0.2, 0) is 11.3 Å². The van der Waals surface area contributed by atoms with Crippen LogP contribution in [0.25, 0.3) is 0 Å². The van der Waals surface area contributed by atoms with Crippen molar-refractivity contribution in [2.45, 2.75) is 45.1 Å². The lowest BCUT2D eigenvalue weighted by Gasteiger charge is -2.41. The van der Waals surface area contributed by atoms with Crippen LogP contribution < -0.4 is 4.74 Å². The van der Waals surface area contributed by atoms with Crippen LogP contribution in [0.3, 0.4) is 0 Å². The molecule has 132 valence electrons. The first-order valence-electron chi connectivity index (χ1n) is 8.68. The third kappa shape index (κ3) is 3.11. The van der Waals surface area contributed by atoms with Crippen LogP contribution >= 0.6 is 0 Å². The molecule has 7 nitrogen and oxygen atoms in total. The number of hydrogen-bond acceptors (Lipinski definition) is 5. The van der Waals surface area contributed by atoms with Gasteiger partial charge in [-0.2, -0.15) is 0 Å². The number of carbonyl (C=O) groups is 1. The molecule has 1 saturated heterocycles. The van der Waals surface area contributed by atoms with E-state index in [-0.39, 0.29) is 24.2 Å². The molecule has 0 bridgehead atoms. The van der Waals surface area contributed by atoms with Gasteiger partial charge < -0.3 is 14.4 Å². The summed E-state index contributed by atoms with van der Waals surface area (Å²) >= 11 is 0. The topological polar surface area (TPSA) is 69.5 Å². The molecule has 4 rings (SSSR count). The normalized spacial score (nSPS) is 22.4. The summed E-state index contributed by atoms with van der Waals surface area (Å²) in [7, 11) is 0. The van der Waals surface area contributed by atoms with Crippen LogP contribution in [0, 0.1) is 0 Å². The fourth-order valence-electron chi connectivity index (χ4n) is 3.49. The number of hydrogen-bond donors (Lipinski definition) is 0. The molecule has 1 aromatic heterocycles. The van der Waals surface area contributed by atoms with Gasteiger partial charge in [-0.15, -0.1) is 5.10 Å². The largest absolute Gasteiger partial charge is 0.491 e. The SMILES string of the molecule is CC(C)Oc1ccc(C(=O)N2CC[C@H]3OCc4cnnn4[C@@H]3C2)cc1. The number of benzene rings is 1. The van der Waals surface area contributed by atoms with E-state index < -0.39 is 0 Å². The molecule has 2 atom stereocenters. The van der Waals surface area contributed by atoms with Gasteiger partial charge in [-0.3, -0.25) is 4.79 Å². The van der Waals surface area contributed by atoms with Gasteiger partial charge in [0.05, 0.1) is 36.7 Å². The highest BCUT2D eigenvalue weighted by atomic mass is 16.5. The molecule has 3 heterocycles. The Morgan fingerprint density at radius 2 is 2.12 bits per heavy atom. The second kappa shape index (κ2) is 6.48. The highest BCUT2D eigenvalue weighted by molar-refractivity contribution is 5.94. The van der Waals surface area contributed by atoms with Crippen molar-refractivity contribution >= 4 is 5.91 Å². The molecule has 7 heteroatoms. The maximum atomic E-state index is 12.9. The minimum Gasteiger partial charge on any atom is -0.491 e. The van der Waals surface area contributed by atoms with Gasteiger partial charge in [0, 0.05) is 18.7 Å². The Balaban J connectivity index is 1.48. The molecule has 1 aromatic carbocycles. The Labute approximate surface area is 146 Å². The van der Waals surface area contributed by atoms with Crippen LogP contribution in [0.2, 0.25) is 0 Å². The summed E-state index contributed by atoms with van der Waals surface area (Å²) in [6.45, 7) is 5.78. The van der Waals surface area contributed by atoms with E-state index in [2.05, 4.69) is 10.3 Å². The summed E-state index contributed by atoms with van der Waals surface area (Å²) in [5.74, 6) is 0.806. The monoisotopic (exact) mass is 342 g/mol. The van der Waals surface area contributed by atoms with Crippen molar-refractivity contribution in [3.05, 3.63) is 41.7 Å². The lowest BCUT2D eigenvalue weighted by Crippen LogP contribution is -2.49. The summed E-state index contributed by atoms with van der Waals surface area (Å²) in [6, 6.07) is 7.38. The Bertz CT molecular complexity index is 756. The third-order valence-corrected chi connectivity index (χ3v) is 4.69. The van der Waals surface area contributed by atoms with Crippen LogP contribution in [0.4, 0.5) is 0 Å². The van der Waals surface area contributed by atoms with Crippen molar-refractivity contribution in [1.82, 2.24) is 19.9 Å². The van der Waals surface area contributed by atoms with E-state index >= 15 is 0 Å². The molecule has 2 aliphatic rings. The van der Waals surface area contributed by atoms with Gasteiger partial charge >= 0.3 is 0 Å². The Morgan fingerprint density at radius 1 is 1.32 bits per heavy atom. The Hall–Kier alpha value is -2.41. The van der Waals surface area contributed by atoms with Crippen LogP contribution in [0.5, 0.6) is 5.75 Å². The predicted octanol–water partition coefficient (Wildman–Crippen LogP) is 2.05. The maximum Gasteiger partial charge on any atom is 0.253 e. The third-order valence-electron chi connectivity index (χ3n) is 4.69. The lowest BCUT2D eigenvalue weighted by molar-refractivity contribution is -0.0605. The van der Waals surface area contributed by atoms with E-state index in [9.17, 15) is 4.79 Å². The zero-order valence-corrected chi connectivity index (χ0v) is 14.5. The quantitative estimate of drug-likeness (QED) is 0.854. The lowest BCUT2D eigenvalue weighted by atomic mass is 9.99. The first-order chi connectivity index (χ1) is 12.1. The second-order valence-electron chi connectivity index (χ2n) is 6.82. The Kier molecular flexibility index (Phi) is 4.17. The molecule has 0 unspecified atom stereocenters. The number of ether oxygens (including phenoxy) is 2. The van der Waals surface area contributed by atoms with Crippen molar-refractivity contribution in [1.29, 1.82) is 0 Å². The number of carbonyl (C=O) groups excluding carboxylic acids is 1. The number of piperidine rings is 1. The van der Waals surface area contributed by atoms with Crippen molar-refractivity contribution < 1.29 is 14.3 Å². The zero-order valence-electron chi connectivity index (χ0n) is 14.5. The first-order valence-corrected chi connectivity index (χ1v) is 8.68. The molecular weight excluding hydrogens is 320 g/mol. The van der Waals surface area contributed by atoms with Crippen molar-refractivity contribution in [2.75, 3.05) is 13.1 Å². The second-order valence-corrected chi connectivity index (χ2v) is 6.82. The molecule has 0 radical (unpaired) electrons. The van der Waals surface area contributed by atoms with E-state index in [0.717, 1.165) is 17.9 Å². The summed E-state index contributed by atoms with van der Waals surface area (Å²) in [5.41, 5.74) is 1.64. The van der Waals surface area contributed by atoms with E-state index in [1.807, 2.05) is 47.7 Å². The molecule has 1 amide bonds. The zero-order chi connectivity index (χ0) is 17.4. The first kappa shape index (κ1) is 16.1. The Morgan fingerprint density at radius 3 is 2.88 bits per heavy atom. The van der Waals surface area contributed by atoms with Gasteiger partial charge in [-0.25, -0.2) is 4.68 Å². The van der Waals surface area contributed by atoms with Gasteiger partial charge in [0.1, 0.15) is 5.75 Å². The smallest absolute Gasteiger partial charge is 0.253 e.